The van der Waals surface area contributed by atoms with Gasteiger partial charge in [-0.05, 0) is 12.1 Å². The van der Waals surface area contributed by atoms with Crippen LogP contribution >= 0.6 is 0 Å². The van der Waals surface area contributed by atoms with Crippen LogP contribution in [0.1, 0.15) is 0 Å². The van der Waals surface area contributed by atoms with Crippen molar-refractivity contribution in [2.24, 2.45) is 4.99 Å². The predicted molar refractivity (Wildman–Crippen MR) is 40.9 cm³/mol. The van der Waals surface area contributed by atoms with Crippen LogP contribution in [0.2, 0.25) is 0 Å². The molecule has 0 spiro atoms. The zero-order valence-corrected chi connectivity index (χ0v) is 7.01. The topological polar surface area (TPSA) is 38.7 Å². The summed E-state index contributed by atoms with van der Waals surface area (Å²) >= 11 is 0. The first kappa shape index (κ1) is 11.2. The molecule has 0 heterocycles. The van der Waals surface area contributed by atoms with Crippen LogP contribution < -0.4 is 4.74 Å². The lowest BCUT2D eigenvalue weighted by Crippen LogP contribution is -2.17. The Hall–Kier alpha value is -1.88. The summed E-state index contributed by atoms with van der Waals surface area (Å²) in [5.41, 5.74) is -0.142. The quantitative estimate of drug-likeness (QED) is 0.437. The summed E-state index contributed by atoms with van der Waals surface area (Å²) in [5, 5.41) is 0. The number of rotatable bonds is 2. The molecule has 0 unspecified atom stereocenters. The molecule has 0 aliphatic carbocycles. The molecule has 0 amide bonds. The lowest BCUT2D eigenvalue weighted by molar-refractivity contribution is -0.275. The molecular weight excluding hydrogens is 218 g/mol. The third-order valence-electron chi connectivity index (χ3n) is 1.32. The number of aliphatic imine (C=N–C) groups is 1. The molecule has 0 N–H and O–H groups in total. The van der Waals surface area contributed by atoms with Crippen molar-refractivity contribution >= 4 is 11.8 Å². The van der Waals surface area contributed by atoms with Gasteiger partial charge in [-0.25, -0.2) is 9.18 Å². The number of hydrogen-bond donors (Lipinski definition) is 0. The highest BCUT2D eigenvalue weighted by atomic mass is 19.4. The van der Waals surface area contributed by atoms with Gasteiger partial charge < -0.3 is 4.74 Å². The van der Waals surface area contributed by atoms with Crippen LogP contribution in [-0.4, -0.2) is 12.4 Å². The van der Waals surface area contributed by atoms with E-state index in [1.54, 1.807) is 0 Å². The minimum Gasteiger partial charge on any atom is -0.403 e. The van der Waals surface area contributed by atoms with Crippen LogP contribution in [-0.2, 0) is 4.79 Å². The summed E-state index contributed by atoms with van der Waals surface area (Å²) < 4.78 is 51.3. The first-order valence-corrected chi connectivity index (χ1v) is 3.55. The maximum Gasteiger partial charge on any atom is 0.573 e. The van der Waals surface area contributed by atoms with Crippen molar-refractivity contribution in [2.75, 3.05) is 0 Å². The van der Waals surface area contributed by atoms with Gasteiger partial charge in [0, 0.05) is 6.07 Å². The van der Waals surface area contributed by atoms with Gasteiger partial charge in [-0.15, -0.1) is 13.2 Å². The van der Waals surface area contributed by atoms with Crippen LogP contribution in [0.5, 0.6) is 5.75 Å². The van der Waals surface area contributed by atoms with Crippen molar-refractivity contribution < 1.29 is 27.1 Å². The Labute approximate surface area is 81.0 Å². The van der Waals surface area contributed by atoms with Crippen LogP contribution in [0, 0.1) is 5.82 Å². The third-order valence-corrected chi connectivity index (χ3v) is 1.32. The lowest BCUT2D eigenvalue weighted by Gasteiger charge is -2.09. The highest BCUT2D eigenvalue weighted by Crippen LogP contribution is 2.27. The number of isocyanates is 1. The Bertz CT molecular complexity index is 410. The van der Waals surface area contributed by atoms with Gasteiger partial charge in [0.15, 0.2) is 11.6 Å². The van der Waals surface area contributed by atoms with E-state index >= 15 is 0 Å². The van der Waals surface area contributed by atoms with E-state index in [-0.39, 0.29) is 5.69 Å². The second-order valence-corrected chi connectivity index (χ2v) is 2.37. The zero-order valence-electron chi connectivity index (χ0n) is 7.01. The van der Waals surface area contributed by atoms with Crippen molar-refractivity contribution in [3.8, 4) is 5.75 Å². The molecular formula is C8H3F4NO2. The molecule has 1 aromatic carbocycles. The molecule has 0 bridgehead atoms. The lowest BCUT2D eigenvalue weighted by atomic mass is 10.3. The fourth-order valence-electron chi connectivity index (χ4n) is 0.819. The van der Waals surface area contributed by atoms with Gasteiger partial charge >= 0.3 is 6.36 Å². The average molecular weight is 221 g/mol. The minimum absolute atomic E-state index is 0.142. The number of hydrogen-bond acceptors (Lipinski definition) is 3. The van der Waals surface area contributed by atoms with Crippen molar-refractivity contribution in [3.05, 3.63) is 24.0 Å². The Morgan fingerprint density at radius 3 is 2.47 bits per heavy atom. The van der Waals surface area contributed by atoms with E-state index in [9.17, 15) is 22.4 Å². The first-order valence-electron chi connectivity index (χ1n) is 3.55. The minimum atomic E-state index is -4.96. The summed E-state index contributed by atoms with van der Waals surface area (Å²) in [4.78, 5) is 12.8. The average Bonchev–Trinajstić information content (AvgIpc) is 2.08. The molecule has 0 saturated heterocycles. The maximum atomic E-state index is 12.9. The fraction of sp³-hybridized carbons (Fsp3) is 0.125. The van der Waals surface area contributed by atoms with E-state index in [1.807, 2.05) is 0 Å². The monoisotopic (exact) mass is 221 g/mol. The van der Waals surface area contributed by atoms with Gasteiger partial charge in [0.2, 0.25) is 6.08 Å². The van der Waals surface area contributed by atoms with Gasteiger partial charge in [0.25, 0.3) is 0 Å². The predicted octanol–water partition coefficient (Wildman–Crippen LogP) is 2.69. The Morgan fingerprint density at radius 2 is 2.00 bits per heavy atom. The molecule has 0 aliphatic rings. The molecule has 0 radical (unpaired) electrons. The second-order valence-electron chi connectivity index (χ2n) is 2.37. The van der Waals surface area contributed by atoms with E-state index in [4.69, 9.17) is 0 Å². The summed E-state index contributed by atoms with van der Waals surface area (Å²) in [5.74, 6) is -2.24. The highest BCUT2D eigenvalue weighted by molar-refractivity contribution is 5.50. The largest absolute Gasteiger partial charge is 0.573 e. The molecule has 0 atom stereocenters. The van der Waals surface area contributed by atoms with E-state index in [2.05, 4.69) is 9.73 Å². The number of benzene rings is 1. The van der Waals surface area contributed by atoms with Gasteiger partial charge in [0.05, 0.1) is 5.69 Å². The van der Waals surface area contributed by atoms with E-state index in [0.717, 1.165) is 18.2 Å². The van der Waals surface area contributed by atoms with E-state index in [0.29, 0.717) is 6.07 Å². The van der Waals surface area contributed by atoms with Crippen LogP contribution in [0.3, 0.4) is 0 Å². The van der Waals surface area contributed by atoms with Crippen molar-refractivity contribution in [1.82, 2.24) is 0 Å². The van der Waals surface area contributed by atoms with E-state index in [1.165, 1.54) is 0 Å². The molecule has 0 fully saturated rings. The zero-order chi connectivity index (χ0) is 11.5. The second kappa shape index (κ2) is 4.10. The third kappa shape index (κ3) is 3.40. The van der Waals surface area contributed by atoms with E-state index < -0.39 is 17.9 Å². The molecule has 3 nitrogen and oxygen atoms in total. The van der Waals surface area contributed by atoms with Gasteiger partial charge in [-0.2, -0.15) is 4.99 Å². The molecule has 0 aromatic heterocycles. The Kier molecular flexibility index (Phi) is 3.06. The number of nitrogens with zero attached hydrogens (tertiary/aromatic N) is 1. The van der Waals surface area contributed by atoms with Crippen LogP contribution in [0.25, 0.3) is 0 Å². The summed E-state index contributed by atoms with van der Waals surface area (Å²) in [7, 11) is 0. The first-order chi connectivity index (χ1) is 6.92. The van der Waals surface area contributed by atoms with Crippen molar-refractivity contribution in [2.45, 2.75) is 6.36 Å². The van der Waals surface area contributed by atoms with Gasteiger partial charge in [-0.1, -0.05) is 0 Å². The molecule has 80 valence electrons. The SMILES string of the molecule is O=C=Nc1ccc(OC(F)(F)F)c(F)c1. The van der Waals surface area contributed by atoms with Gasteiger partial charge in [0.1, 0.15) is 0 Å². The summed E-state index contributed by atoms with van der Waals surface area (Å²) in [6, 6.07) is 2.35. The highest BCUT2D eigenvalue weighted by Gasteiger charge is 2.32. The molecule has 15 heavy (non-hydrogen) atoms. The standard InChI is InChI=1S/C8H3F4NO2/c9-6-3-5(13-4-14)1-2-7(6)15-8(10,11)12/h1-3H. The summed E-state index contributed by atoms with van der Waals surface area (Å²) in [6.45, 7) is 0. The number of carbonyl (C=O) groups excluding carboxylic acids is 1. The summed E-state index contributed by atoms with van der Waals surface area (Å²) in [6.07, 6.45) is -3.84. The molecule has 1 rings (SSSR count). The van der Waals surface area contributed by atoms with Crippen molar-refractivity contribution in [3.63, 3.8) is 0 Å². The maximum absolute atomic E-state index is 12.9. The fourth-order valence-corrected chi connectivity index (χ4v) is 0.819. The number of ether oxygens (including phenoxy) is 1. The van der Waals surface area contributed by atoms with Gasteiger partial charge in [-0.3, -0.25) is 0 Å². The molecule has 1 aromatic rings. The number of alkyl halides is 3. The normalized spacial score (nSPS) is 10.7. The van der Waals surface area contributed by atoms with Crippen LogP contribution in [0.4, 0.5) is 23.2 Å². The smallest absolute Gasteiger partial charge is 0.403 e. The molecule has 0 aliphatic heterocycles. The Morgan fingerprint density at radius 1 is 1.33 bits per heavy atom. The number of halogens is 4. The van der Waals surface area contributed by atoms with Crippen molar-refractivity contribution in [1.29, 1.82) is 0 Å². The molecule has 0 saturated carbocycles. The molecule has 7 heteroatoms. The van der Waals surface area contributed by atoms with Crippen LogP contribution in [0.15, 0.2) is 23.2 Å². The Balaban J connectivity index is 2.98.